The van der Waals surface area contributed by atoms with E-state index in [1.165, 1.54) is 6.20 Å². The summed E-state index contributed by atoms with van der Waals surface area (Å²) in [6.45, 7) is 1.74. The quantitative estimate of drug-likeness (QED) is 0.458. The average Bonchev–Trinajstić information content (AvgIpc) is 2.63. The van der Waals surface area contributed by atoms with Crippen molar-refractivity contribution in [3.05, 3.63) is 77.6 Å². The topological polar surface area (TPSA) is 155 Å². The van der Waals surface area contributed by atoms with Crippen molar-refractivity contribution in [2.45, 2.75) is 11.8 Å². The fraction of sp³-hybridized carbons (Fsp3) is 0.0588. The van der Waals surface area contributed by atoms with Crippen LogP contribution in [0, 0.1) is 17.2 Å². The van der Waals surface area contributed by atoms with E-state index in [-0.39, 0.29) is 15.6 Å². The first kappa shape index (κ1) is 23.0. The lowest BCUT2D eigenvalue weighted by Gasteiger charge is -2.17. The van der Waals surface area contributed by atoms with Crippen LogP contribution in [0.5, 0.6) is 0 Å². The first-order valence-electron chi connectivity index (χ1n) is 7.80. The molecule has 2 aromatic carbocycles. The maximum Gasteiger partial charge on any atom is 0.262 e. The number of anilines is 1. The highest BCUT2D eigenvalue weighted by Gasteiger charge is 2.20. The number of aromatic nitrogens is 2. The molecule has 0 spiro atoms. The second-order valence-electron chi connectivity index (χ2n) is 5.56. The number of benzene rings is 2. The van der Waals surface area contributed by atoms with Gasteiger partial charge in [0.05, 0.1) is 10.6 Å². The molecule has 1 heterocycles. The summed E-state index contributed by atoms with van der Waals surface area (Å²) in [5.74, 6) is 0. The first-order chi connectivity index (χ1) is 13.5. The van der Waals surface area contributed by atoms with Gasteiger partial charge in [0, 0.05) is 17.2 Å². The summed E-state index contributed by atoms with van der Waals surface area (Å²) in [5, 5.41) is 4.47. The molecule has 0 atom stereocenters. The monoisotopic (exact) mass is 459 g/mol. The number of hydrogen-bond acceptors (Lipinski definition) is 7. The van der Waals surface area contributed by atoms with E-state index in [1.54, 1.807) is 42.1 Å². The zero-order valence-electron chi connectivity index (χ0n) is 14.9. The molecule has 0 saturated carbocycles. The lowest BCUT2D eigenvalue weighted by molar-refractivity contribution is -2.00. The third kappa shape index (κ3) is 7.22. The van der Waals surface area contributed by atoms with Gasteiger partial charge in [0.1, 0.15) is 11.2 Å². The number of para-hydroxylation sites is 1. The Morgan fingerprint density at radius 3 is 2.10 bits per heavy atom. The number of rotatable bonds is 4. The van der Waals surface area contributed by atoms with E-state index < -0.39 is 20.3 Å². The van der Waals surface area contributed by atoms with Crippen molar-refractivity contribution >= 4 is 27.3 Å². The van der Waals surface area contributed by atoms with E-state index in [0.717, 1.165) is 5.69 Å². The third-order valence-corrected chi connectivity index (χ3v) is 5.28. The number of hydrogen-bond donors (Lipinski definition) is 1. The van der Waals surface area contributed by atoms with Crippen molar-refractivity contribution in [1.82, 2.24) is 5.10 Å². The molecule has 0 aliphatic rings. The molecule has 154 valence electrons. The normalized spacial score (nSPS) is 11.4. The summed E-state index contributed by atoms with van der Waals surface area (Å²) in [6.07, 6.45) is 2.96. The standard InChI is InChI=1S/C17H14ClN3O2S.ClHO4/c1-13-7-5-6-10-17(13)24(22,23)20-16-11-19-21(12-15(16)18)14-8-3-2-4-9-14;2-1(3,4)5/h2-12H,1H3;(H,2,3,4,5). The van der Waals surface area contributed by atoms with Crippen LogP contribution in [0.15, 0.2) is 71.9 Å². The Morgan fingerprint density at radius 2 is 1.55 bits per heavy atom. The van der Waals surface area contributed by atoms with Crippen LogP contribution in [0.2, 0.25) is 5.02 Å². The minimum absolute atomic E-state index is 0.209. The Labute approximate surface area is 174 Å². The van der Waals surface area contributed by atoms with Crippen LogP contribution in [-0.4, -0.2) is 13.5 Å². The molecule has 1 N–H and O–H groups in total. The molecule has 0 unspecified atom stereocenters. The van der Waals surface area contributed by atoms with Crippen molar-refractivity contribution in [1.29, 1.82) is 0 Å². The highest BCUT2D eigenvalue weighted by atomic mass is 35.7. The molecule has 3 rings (SSSR count). The SMILES string of the molecule is Cc1ccccc1S(=O)(=O)Nc1cn[n+](-c2ccccc2)cc1Cl.[O-][Cl+3]([O-])([O-])[O-]. The predicted octanol–water partition coefficient (Wildman–Crippen LogP) is -1.64. The molecule has 1 aromatic heterocycles. The van der Waals surface area contributed by atoms with Gasteiger partial charge >= 0.3 is 0 Å². The second kappa shape index (κ2) is 9.46. The van der Waals surface area contributed by atoms with Gasteiger partial charge in [-0.25, -0.2) is 27.1 Å². The number of halogens is 2. The van der Waals surface area contributed by atoms with E-state index in [1.807, 2.05) is 30.3 Å². The summed E-state index contributed by atoms with van der Waals surface area (Å²) < 4.78 is 63.1. The summed E-state index contributed by atoms with van der Waals surface area (Å²) in [4.78, 5) is 0.209. The van der Waals surface area contributed by atoms with Gasteiger partial charge in [-0.3, -0.25) is 4.72 Å². The van der Waals surface area contributed by atoms with Gasteiger partial charge in [-0.05, 0) is 18.6 Å². The summed E-state index contributed by atoms with van der Waals surface area (Å²) in [5.41, 5.74) is 1.71. The maximum absolute atomic E-state index is 12.5. The van der Waals surface area contributed by atoms with Gasteiger partial charge in [-0.15, -0.1) is 10.2 Å². The first-order valence-corrected chi connectivity index (χ1v) is 10.9. The Hall–Kier alpha value is -2.31. The fourth-order valence-corrected chi connectivity index (χ4v) is 3.80. The van der Waals surface area contributed by atoms with Gasteiger partial charge in [0.2, 0.25) is 11.9 Å². The van der Waals surface area contributed by atoms with Gasteiger partial charge in [0.15, 0.2) is 0 Å². The lowest BCUT2D eigenvalue weighted by Crippen LogP contribution is -2.68. The Kier molecular flexibility index (Phi) is 7.49. The van der Waals surface area contributed by atoms with Crippen LogP contribution in [0.4, 0.5) is 5.69 Å². The van der Waals surface area contributed by atoms with Crippen molar-refractivity contribution < 1.29 is 42.0 Å². The molecule has 0 aliphatic heterocycles. The number of aryl methyl sites for hydroxylation is 1. The molecular formula is C17H15Cl2N3O6S. The van der Waals surface area contributed by atoms with Crippen LogP contribution >= 0.6 is 11.6 Å². The predicted molar refractivity (Wildman–Crippen MR) is 92.8 cm³/mol. The molecule has 0 aliphatic carbocycles. The van der Waals surface area contributed by atoms with Crippen LogP contribution in [0.3, 0.4) is 0 Å². The molecule has 0 saturated heterocycles. The molecule has 3 aromatic rings. The van der Waals surface area contributed by atoms with E-state index in [0.29, 0.717) is 5.56 Å². The summed E-state index contributed by atoms with van der Waals surface area (Å²) >= 11 is 6.22. The van der Waals surface area contributed by atoms with Gasteiger partial charge in [-0.2, -0.15) is 0 Å². The second-order valence-corrected chi connectivity index (χ2v) is 8.38. The molecule has 0 amide bonds. The molecule has 12 heteroatoms. The number of sulfonamides is 1. The molecule has 0 bridgehead atoms. The van der Waals surface area contributed by atoms with Crippen LogP contribution < -0.4 is 28.0 Å². The molecule has 0 fully saturated rings. The largest absolute Gasteiger partial charge is 0.276 e. The van der Waals surface area contributed by atoms with E-state index in [4.69, 9.17) is 30.2 Å². The zero-order chi connectivity index (χ0) is 21.7. The summed E-state index contributed by atoms with van der Waals surface area (Å²) in [6, 6.07) is 16.2. The maximum atomic E-state index is 12.5. The Morgan fingerprint density at radius 1 is 1.00 bits per heavy atom. The van der Waals surface area contributed by atoms with Crippen molar-refractivity contribution in [2.24, 2.45) is 0 Å². The molecule has 0 radical (unpaired) electrons. The van der Waals surface area contributed by atoms with Crippen molar-refractivity contribution in [3.8, 4) is 5.69 Å². The summed E-state index contributed by atoms with van der Waals surface area (Å²) in [7, 11) is -8.67. The smallest absolute Gasteiger partial charge is 0.262 e. The lowest BCUT2D eigenvalue weighted by atomic mass is 10.2. The van der Waals surface area contributed by atoms with Crippen LogP contribution in [0.1, 0.15) is 5.56 Å². The molecular weight excluding hydrogens is 445 g/mol. The minimum Gasteiger partial charge on any atom is -0.276 e. The van der Waals surface area contributed by atoms with Crippen molar-refractivity contribution in [2.75, 3.05) is 4.72 Å². The third-order valence-electron chi connectivity index (χ3n) is 3.45. The highest BCUT2D eigenvalue weighted by molar-refractivity contribution is 7.92. The van der Waals surface area contributed by atoms with E-state index in [2.05, 4.69) is 9.82 Å². The molecule has 29 heavy (non-hydrogen) atoms. The fourth-order valence-electron chi connectivity index (χ4n) is 2.25. The Balaban J connectivity index is 0.000000537. The average molecular weight is 460 g/mol. The number of nitrogens with zero attached hydrogens (tertiary/aromatic N) is 2. The van der Waals surface area contributed by atoms with Gasteiger partial charge in [0.25, 0.3) is 10.0 Å². The van der Waals surface area contributed by atoms with Crippen LogP contribution in [-0.2, 0) is 10.0 Å². The van der Waals surface area contributed by atoms with Gasteiger partial charge < -0.3 is 0 Å². The number of nitrogens with one attached hydrogen (secondary N) is 1. The molecule has 9 nitrogen and oxygen atoms in total. The zero-order valence-corrected chi connectivity index (χ0v) is 17.2. The van der Waals surface area contributed by atoms with E-state index in [9.17, 15) is 8.42 Å². The minimum atomic E-state index is -4.94. The van der Waals surface area contributed by atoms with Crippen LogP contribution in [0.25, 0.3) is 5.69 Å². The van der Waals surface area contributed by atoms with Gasteiger partial charge in [-0.1, -0.05) is 52.7 Å². The Bertz CT molecular complexity index is 1070. The highest BCUT2D eigenvalue weighted by Crippen LogP contribution is 2.23. The van der Waals surface area contributed by atoms with E-state index >= 15 is 0 Å². The van der Waals surface area contributed by atoms with Crippen molar-refractivity contribution in [3.63, 3.8) is 0 Å².